The van der Waals surface area contributed by atoms with Gasteiger partial charge in [-0.25, -0.2) is 14.8 Å². The molecule has 0 saturated carbocycles. The summed E-state index contributed by atoms with van der Waals surface area (Å²) >= 11 is 0. The summed E-state index contributed by atoms with van der Waals surface area (Å²) in [4.78, 5) is 40.7. The van der Waals surface area contributed by atoms with Crippen molar-refractivity contribution in [2.75, 3.05) is 49.2 Å². The number of anilines is 4. The summed E-state index contributed by atoms with van der Waals surface area (Å²) in [5, 5.41) is 8.19. The Labute approximate surface area is 259 Å². The third-order valence-electron chi connectivity index (χ3n) is 6.83. The van der Waals surface area contributed by atoms with E-state index in [1.165, 1.54) is 19.2 Å². The highest BCUT2D eigenvalue weighted by Crippen LogP contribution is 2.36. The third kappa shape index (κ3) is 8.71. The number of methoxy groups -OCH3 is 1. The standard InChI is InChI=1S/C30H37F3N8O4/c1-7-23(42)35-19-9-8-10-20(16-19)36-24-21(30(31,32)33)17-34-27(38-24)37-22-15-18(2)25(39-26(22)44-6)40-11-13-41(14-12-40)28(43)45-29(3,4)5/h7-10,15-18,25H,1,11-14H2,2-6H3,(H,35,42)(H2,34,36,37,38). The van der Waals surface area contributed by atoms with Crippen molar-refractivity contribution in [2.24, 2.45) is 10.9 Å². The molecule has 1 fully saturated rings. The van der Waals surface area contributed by atoms with Crippen molar-refractivity contribution < 1.29 is 32.2 Å². The number of carbonyl (C=O) groups is 2. The fourth-order valence-corrected chi connectivity index (χ4v) is 4.76. The summed E-state index contributed by atoms with van der Waals surface area (Å²) in [5.41, 5.74) is -0.652. The number of ether oxygens (including phenoxy) is 2. The summed E-state index contributed by atoms with van der Waals surface area (Å²) in [6.07, 6.45) is -1.76. The average molecular weight is 631 g/mol. The van der Waals surface area contributed by atoms with Crippen LogP contribution in [0.25, 0.3) is 0 Å². The summed E-state index contributed by atoms with van der Waals surface area (Å²) in [5.74, 6) is -0.966. The van der Waals surface area contributed by atoms with Gasteiger partial charge in [0.2, 0.25) is 17.8 Å². The smallest absolute Gasteiger partial charge is 0.421 e. The topological polar surface area (TPSA) is 133 Å². The van der Waals surface area contributed by atoms with Crippen LogP contribution in [0.3, 0.4) is 0 Å². The predicted octanol–water partition coefficient (Wildman–Crippen LogP) is 5.23. The normalized spacial score (nSPS) is 19.2. The molecule has 2 amide bonds. The number of piperazine rings is 1. The van der Waals surface area contributed by atoms with Crippen molar-refractivity contribution >= 4 is 41.0 Å². The van der Waals surface area contributed by atoms with E-state index in [0.717, 1.165) is 6.08 Å². The first kappa shape index (κ1) is 33.2. The first-order chi connectivity index (χ1) is 21.2. The minimum Gasteiger partial charge on any atom is -0.480 e. The number of alkyl halides is 3. The van der Waals surface area contributed by atoms with E-state index >= 15 is 0 Å². The van der Waals surface area contributed by atoms with Gasteiger partial charge >= 0.3 is 12.3 Å². The molecule has 2 aliphatic heterocycles. The number of hydrogen-bond acceptors (Lipinski definition) is 10. The molecule has 2 aromatic rings. The first-order valence-corrected chi connectivity index (χ1v) is 14.2. The Morgan fingerprint density at radius 2 is 1.78 bits per heavy atom. The number of hydrogen-bond donors (Lipinski definition) is 3. The molecule has 0 aliphatic carbocycles. The van der Waals surface area contributed by atoms with Gasteiger partial charge in [-0.2, -0.15) is 18.2 Å². The van der Waals surface area contributed by atoms with Gasteiger partial charge in [0.1, 0.15) is 23.1 Å². The molecule has 3 heterocycles. The summed E-state index contributed by atoms with van der Waals surface area (Å²) in [7, 11) is 1.45. The van der Waals surface area contributed by atoms with Gasteiger partial charge in [0.05, 0.1) is 12.8 Å². The first-order valence-electron chi connectivity index (χ1n) is 14.2. The maximum Gasteiger partial charge on any atom is 0.421 e. The van der Waals surface area contributed by atoms with Crippen LogP contribution in [0.2, 0.25) is 0 Å². The molecule has 0 radical (unpaired) electrons. The Balaban J connectivity index is 1.50. The van der Waals surface area contributed by atoms with Crippen molar-refractivity contribution in [3.63, 3.8) is 0 Å². The van der Waals surface area contributed by atoms with Gasteiger partial charge in [-0.3, -0.25) is 9.69 Å². The molecule has 3 N–H and O–H groups in total. The minimum absolute atomic E-state index is 0.116. The van der Waals surface area contributed by atoms with Gasteiger partial charge in [-0.15, -0.1) is 0 Å². The van der Waals surface area contributed by atoms with Crippen LogP contribution in [-0.2, 0) is 20.4 Å². The van der Waals surface area contributed by atoms with Crippen molar-refractivity contribution in [3.8, 4) is 0 Å². The van der Waals surface area contributed by atoms with Crippen LogP contribution in [0.4, 0.5) is 41.1 Å². The van der Waals surface area contributed by atoms with Crippen LogP contribution in [0.15, 0.2) is 59.9 Å². The monoisotopic (exact) mass is 630 g/mol. The molecular weight excluding hydrogens is 593 g/mol. The Morgan fingerprint density at radius 3 is 2.40 bits per heavy atom. The second-order valence-corrected chi connectivity index (χ2v) is 11.5. The van der Waals surface area contributed by atoms with Gasteiger partial charge < -0.3 is 30.3 Å². The molecule has 242 valence electrons. The molecular formula is C30H37F3N8O4. The van der Waals surface area contributed by atoms with E-state index in [1.54, 1.807) is 17.0 Å². The van der Waals surface area contributed by atoms with Crippen LogP contribution in [0.1, 0.15) is 33.3 Å². The molecule has 1 saturated heterocycles. The van der Waals surface area contributed by atoms with E-state index in [4.69, 9.17) is 14.5 Å². The molecule has 1 aromatic carbocycles. The van der Waals surface area contributed by atoms with Gasteiger partial charge in [0, 0.05) is 49.7 Å². The summed E-state index contributed by atoms with van der Waals surface area (Å²) < 4.78 is 52.6. The van der Waals surface area contributed by atoms with E-state index in [9.17, 15) is 22.8 Å². The maximum atomic E-state index is 13.9. The zero-order chi connectivity index (χ0) is 32.9. The summed E-state index contributed by atoms with van der Waals surface area (Å²) in [6, 6.07) is 6.15. The number of aliphatic imine (C=N–C) groups is 1. The van der Waals surface area contributed by atoms with Crippen LogP contribution >= 0.6 is 0 Å². The Hall–Kier alpha value is -4.66. The highest BCUT2D eigenvalue weighted by molar-refractivity contribution is 5.99. The van der Waals surface area contributed by atoms with E-state index in [1.807, 2.05) is 33.8 Å². The fourth-order valence-electron chi connectivity index (χ4n) is 4.76. The van der Waals surface area contributed by atoms with Crippen molar-refractivity contribution in [1.29, 1.82) is 0 Å². The SMILES string of the molecule is C=CC(=O)Nc1cccc(Nc2nc(NC3=CC(C)C(N4CCN(C(=O)OC(C)(C)C)CC4)N=C3OC)ncc2C(F)(F)F)c1. The Morgan fingerprint density at radius 1 is 1.09 bits per heavy atom. The lowest BCUT2D eigenvalue weighted by Crippen LogP contribution is -2.54. The van der Waals surface area contributed by atoms with Crippen molar-refractivity contribution in [3.05, 3.63) is 60.5 Å². The van der Waals surface area contributed by atoms with Crippen LogP contribution in [-0.4, -0.2) is 82.7 Å². The summed E-state index contributed by atoms with van der Waals surface area (Å²) in [6.45, 7) is 12.9. The second-order valence-electron chi connectivity index (χ2n) is 11.5. The predicted molar refractivity (Wildman–Crippen MR) is 164 cm³/mol. The van der Waals surface area contributed by atoms with Crippen molar-refractivity contribution in [1.82, 2.24) is 19.8 Å². The second kappa shape index (κ2) is 13.5. The fraction of sp³-hybridized carbons (Fsp3) is 0.433. The number of aromatic nitrogens is 2. The third-order valence-corrected chi connectivity index (χ3v) is 6.83. The van der Waals surface area contributed by atoms with Gasteiger partial charge in [0.25, 0.3) is 0 Å². The van der Waals surface area contributed by atoms with Crippen molar-refractivity contribution in [2.45, 2.75) is 45.6 Å². The number of nitrogens with one attached hydrogen (secondary N) is 3. The molecule has 12 nitrogen and oxygen atoms in total. The lowest BCUT2D eigenvalue weighted by molar-refractivity contribution is -0.137. The molecule has 2 atom stereocenters. The number of benzene rings is 1. The molecule has 0 spiro atoms. The Bertz CT molecular complexity index is 1480. The van der Waals surface area contributed by atoms with Gasteiger partial charge in [-0.1, -0.05) is 19.6 Å². The lowest BCUT2D eigenvalue weighted by Gasteiger charge is -2.40. The van der Waals surface area contributed by atoms with Gasteiger partial charge in [-0.05, 0) is 51.1 Å². The molecule has 0 bridgehead atoms. The van der Waals surface area contributed by atoms with Crippen LogP contribution in [0, 0.1) is 5.92 Å². The van der Waals surface area contributed by atoms with Gasteiger partial charge in [0.15, 0.2) is 0 Å². The zero-order valence-corrected chi connectivity index (χ0v) is 25.7. The number of halogens is 3. The molecule has 2 aliphatic rings. The molecule has 45 heavy (non-hydrogen) atoms. The molecule has 4 rings (SSSR count). The highest BCUT2D eigenvalue weighted by Gasteiger charge is 2.36. The van der Waals surface area contributed by atoms with E-state index < -0.39 is 29.1 Å². The largest absolute Gasteiger partial charge is 0.480 e. The van der Waals surface area contributed by atoms with Crippen LogP contribution < -0.4 is 16.0 Å². The molecule has 1 aromatic heterocycles. The lowest BCUT2D eigenvalue weighted by atomic mass is 10.0. The molecule has 2 unspecified atom stereocenters. The number of rotatable bonds is 7. The average Bonchev–Trinajstić information content (AvgIpc) is 2.96. The number of dihydropyridines is 1. The number of carbonyl (C=O) groups excluding carboxylic acids is 2. The molecule has 15 heteroatoms. The number of amides is 2. The van der Waals surface area contributed by atoms with Crippen LogP contribution in [0.5, 0.6) is 0 Å². The highest BCUT2D eigenvalue weighted by atomic mass is 19.4. The quantitative estimate of drug-likeness (QED) is 0.352. The zero-order valence-electron chi connectivity index (χ0n) is 25.7. The minimum atomic E-state index is -4.74. The van der Waals surface area contributed by atoms with E-state index in [2.05, 4.69) is 37.4 Å². The Kier molecular flexibility index (Phi) is 10.0. The van der Waals surface area contributed by atoms with E-state index in [0.29, 0.717) is 43.8 Å². The number of nitrogens with zero attached hydrogens (tertiary/aromatic N) is 5. The maximum absolute atomic E-state index is 13.9. The van der Waals surface area contributed by atoms with E-state index in [-0.39, 0.29) is 35.7 Å².